The first-order valence-corrected chi connectivity index (χ1v) is 6.60. The highest BCUT2D eigenvalue weighted by Crippen LogP contribution is 2.03. The van der Waals surface area contributed by atoms with Gasteiger partial charge in [-0.15, -0.1) is 5.73 Å². The second-order valence-electron chi connectivity index (χ2n) is 3.03. The van der Waals surface area contributed by atoms with Gasteiger partial charge in [-0.3, -0.25) is 0 Å². The quantitative estimate of drug-likeness (QED) is 0.413. The maximum Gasteiger partial charge on any atom is 0.339 e. The van der Waals surface area contributed by atoms with Crippen LogP contribution in [0.3, 0.4) is 0 Å². The summed E-state index contributed by atoms with van der Waals surface area (Å²) in [5, 5.41) is 8.51. The van der Waals surface area contributed by atoms with Gasteiger partial charge in [0, 0.05) is 7.11 Å². The van der Waals surface area contributed by atoms with Crippen molar-refractivity contribution in [3.63, 3.8) is 0 Å². The van der Waals surface area contributed by atoms with Gasteiger partial charge >= 0.3 is 5.97 Å². The SMILES string of the molecule is CO[Si](C)(C)C=C=C(C)C(=O)O. The molecule has 0 radical (unpaired) electrons. The fourth-order valence-corrected chi connectivity index (χ4v) is 1.08. The maximum atomic E-state index is 10.4. The zero-order valence-corrected chi connectivity index (χ0v) is 8.84. The molecule has 0 aromatic rings. The molecule has 0 aliphatic carbocycles. The largest absolute Gasteiger partial charge is 0.477 e. The van der Waals surface area contributed by atoms with Crippen molar-refractivity contribution < 1.29 is 14.3 Å². The van der Waals surface area contributed by atoms with E-state index in [2.05, 4.69) is 5.73 Å². The Balaban J connectivity index is 4.61. The lowest BCUT2D eigenvalue weighted by Gasteiger charge is -2.12. The Hall–Kier alpha value is -0.833. The molecule has 0 aromatic carbocycles. The maximum absolute atomic E-state index is 10.4. The van der Waals surface area contributed by atoms with Crippen LogP contribution < -0.4 is 0 Å². The smallest absolute Gasteiger partial charge is 0.339 e. The van der Waals surface area contributed by atoms with Crippen LogP contribution in [0.5, 0.6) is 0 Å². The average Bonchev–Trinajstić information content (AvgIpc) is 2.00. The van der Waals surface area contributed by atoms with Crippen molar-refractivity contribution >= 4 is 14.3 Å². The monoisotopic (exact) mass is 186 g/mol. The van der Waals surface area contributed by atoms with Crippen LogP contribution in [0.2, 0.25) is 13.1 Å². The summed E-state index contributed by atoms with van der Waals surface area (Å²) in [7, 11) is -0.181. The van der Waals surface area contributed by atoms with E-state index in [1.807, 2.05) is 13.1 Å². The van der Waals surface area contributed by atoms with E-state index in [9.17, 15) is 4.79 Å². The highest BCUT2D eigenvalue weighted by Gasteiger charge is 2.15. The topological polar surface area (TPSA) is 46.5 Å². The van der Waals surface area contributed by atoms with Gasteiger partial charge < -0.3 is 9.53 Å². The summed E-state index contributed by atoms with van der Waals surface area (Å²) in [4.78, 5) is 10.4. The van der Waals surface area contributed by atoms with Gasteiger partial charge in [-0.05, 0) is 25.7 Å². The Morgan fingerprint density at radius 2 is 2.08 bits per heavy atom. The summed E-state index contributed by atoms with van der Waals surface area (Å²) in [5.41, 5.74) is 4.65. The van der Waals surface area contributed by atoms with Gasteiger partial charge in [0.25, 0.3) is 0 Å². The Morgan fingerprint density at radius 1 is 1.58 bits per heavy atom. The number of carboxylic acid groups (broad SMARTS) is 1. The van der Waals surface area contributed by atoms with Gasteiger partial charge in [0.15, 0.2) is 0 Å². The zero-order valence-electron chi connectivity index (χ0n) is 7.84. The van der Waals surface area contributed by atoms with E-state index >= 15 is 0 Å². The zero-order chi connectivity index (χ0) is 9.78. The number of hydrogen-bond acceptors (Lipinski definition) is 2. The summed E-state index contributed by atoms with van der Waals surface area (Å²) in [6.45, 7) is 5.45. The fourth-order valence-electron chi connectivity index (χ4n) is 0.403. The highest BCUT2D eigenvalue weighted by atomic mass is 28.4. The third-order valence-electron chi connectivity index (χ3n) is 1.48. The standard InChI is InChI=1S/C8H14O3Si/c1-7(8(9)10)5-6-12(3,4)11-2/h6H,1-4H3,(H,9,10). The molecule has 0 saturated heterocycles. The lowest BCUT2D eigenvalue weighted by Crippen LogP contribution is -2.25. The molecular formula is C8H14O3Si. The van der Waals surface area contributed by atoms with Crippen molar-refractivity contribution in [2.24, 2.45) is 0 Å². The summed E-state index contributed by atoms with van der Waals surface area (Å²) in [6.07, 6.45) is 0. The molecule has 0 rings (SSSR count). The molecule has 0 fully saturated rings. The first-order valence-electron chi connectivity index (χ1n) is 3.62. The van der Waals surface area contributed by atoms with Gasteiger partial charge in [-0.2, -0.15) is 0 Å². The third-order valence-corrected chi connectivity index (χ3v) is 3.37. The van der Waals surface area contributed by atoms with E-state index in [0.29, 0.717) is 0 Å². The van der Waals surface area contributed by atoms with Crippen molar-refractivity contribution in [1.82, 2.24) is 0 Å². The Bertz CT molecular complexity index is 237. The van der Waals surface area contributed by atoms with Crippen molar-refractivity contribution in [3.8, 4) is 0 Å². The van der Waals surface area contributed by atoms with Crippen molar-refractivity contribution in [1.29, 1.82) is 0 Å². The molecule has 0 spiro atoms. The molecular weight excluding hydrogens is 172 g/mol. The van der Waals surface area contributed by atoms with E-state index in [4.69, 9.17) is 9.53 Å². The molecule has 3 nitrogen and oxygen atoms in total. The second-order valence-corrected chi connectivity index (χ2v) is 6.93. The lowest BCUT2D eigenvalue weighted by molar-refractivity contribution is -0.132. The molecule has 0 aliphatic heterocycles. The van der Waals surface area contributed by atoms with E-state index in [1.54, 1.807) is 12.8 Å². The average molecular weight is 186 g/mol. The van der Waals surface area contributed by atoms with Crippen LogP contribution in [0.4, 0.5) is 0 Å². The molecule has 0 aromatic heterocycles. The van der Waals surface area contributed by atoms with Crippen LogP contribution in [0.25, 0.3) is 0 Å². The van der Waals surface area contributed by atoms with E-state index in [0.717, 1.165) is 0 Å². The van der Waals surface area contributed by atoms with Crippen LogP contribution in [-0.4, -0.2) is 26.5 Å². The van der Waals surface area contributed by atoms with E-state index in [-0.39, 0.29) is 5.57 Å². The first kappa shape index (κ1) is 11.2. The second kappa shape index (κ2) is 4.26. The number of rotatable bonds is 3. The lowest BCUT2D eigenvalue weighted by atomic mass is 10.3. The minimum Gasteiger partial charge on any atom is -0.477 e. The molecule has 0 unspecified atom stereocenters. The molecule has 0 saturated carbocycles. The van der Waals surface area contributed by atoms with Gasteiger partial charge in [0.05, 0.1) is 5.57 Å². The first-order chi connectivity index (χ1) is 5.39. The molecule has 68 valence electrons. The van der Waals surface area contributed by atoms with Crippen LogP contribution in [-0.2, 0) is 9.22 Å². The highest BCUT2D eigenvalue weighted by molar-refractivity contribution is 6.76. The van der Waals surface area contributed by atoms with Crippen LogP contribution in [0, 0.1) is 0 Å². The Morgan fingerprint density at radius 3 is 2.42 bits per heavy atom. The van der Waals surface area contributed by atoms with Crippen molar-refractivity contribution in [3.05, 3.63) is 17.0 Å². The molecule has 4 heteroatoms. The predicted molar refractivity (Wildman–Crippen MR) is 49.4 cm³/mol. The molecule has 0 heterocycles. The van der Waals surface area contributed by atoms with Crippen LogP contribution in [0.15, 0.2) is 17.0 Å². The fraction of sp³-hybridized carbons (Fsp3) is 0.500. The predicted octanol–water partition coefficient (Wildman–Crippen LogP) is 1.56. The normalized spacial score (nSPS) is 10.3. The molecule has 0 amide bonds. The number of carboxylic acids is 1. The third kappa shape index (κ3) is 4.13. The van der Waals surface area contributed by atoms with Gasteiger partial charge in [-0.1, -0.05) is 0 Å². The molecule has 0 aliphatic rings. The summed E-state index contributed by atoms with van der Waals surface area (Å²) < 4.78 is 5.18. The van der Waals surface area contributed by atoms with Gasteiger partial charge in [-0.25, -0.2) is 4.79 Å². The Kier molecular flexibility index (Phi) is 3.96. The van der Waals surface area contributed by atoms with Crippen molar-refractivity contribution in [2.75, 3.05) is 7.11 Å². The molecule has 12 heavy (non-hydrogen) atoms. The number of hydrogen-bond donors (Lipinski definition) is 1. The van der Waals surface area contributed by atoms with E-state index in [1.165, 1.54) is 6.92 Å². The van der Waals surface area contributed by atoms with Crippen molar-refractivity contribution in [2.45, 2.75) is 20.0 Å². The van der Waals surface area contributed by atoms with E-state index < -0.39 is 14.3 Å². The molecule has 0 bridgehead atoms. The van der Waals surface area contributed by atoms with Gasteiger partial charge in [0.2, 0.25) is 8.32 Å². The molecule has 1 N–H and O–H groups in total. The van der Waals surface area contributed by atoms with Gasteiger partial charge in [0.1, 0.15) is 0 Å². The molecule has 0 atom stereocenters. The van der Waals surface area contributed by atoms with Crippen LogP contribution >= 0.6 is 0 Å². The number of aliphatic carboxylic acids is 1. The Labute approximate surface area is 73.5 Å². The summed E-state index contributed by atoms with van der Waals surface area (Å²) in [5.74, 6) is -0.938. The minimum atomic E-state index is -1.81. The minimum absolute atomic E-state index is 0.215. The summed E-state index contributed by atoms with van der Waals surface area (Å²) in [6, 6.07) is 0. The summed E-state index contributed by atoms with van der Waals surface area (Å²) >= 11 is 0. The number of carbonyl (C=O) groups is 1. The van der Waals surface area contributed by atoms with Crippen LogP contribution in [0.1, 0.15) is 6.92 Å².